The second-order valence-corrected chi connectivity index (χ2v) is 5.13. The van der Waals surface area contributed by atoms with Gasteiger partial charge in [0.1, 0.15) is 5.82 Å². The lowest BCUT2D eigenvalue weighted by atomic mass is 9.88. The molecule has 78 valence electrons. The molecule has 1 aliphatic heterocycles. The molecule has 3 nitrogen and oxygen atoms in total. The Morgan fingerprint density at radius 2 is 2.00 bits per heavy atom. The van der Waals surface area contributed by atoms with E-state index in [9.17, 15) is 0 Å². The van der Waals surface area contributed by atoms with E-state index in [1.807, 2.05) is 6.20 Å². The van der Waals surface area contributed by atoms with Crippen molar-refractivity contribution in [1.29, 1.82) is 0 Å². The zero-order valence-electron chi connectivity index (χ0n) is 9.54. The smallest absolute Gasteiger partial charge is 0.130 e. The van der Waals surface area contributed by atoms with Gasteiger partial charge in [-0.25, -0.2) is 4.68 Å². The fraction of sp³-hybridized carbons (Fsp3) is 0.727. The Kier molecular flexibility index (Phi) is 2.05. The van der Waals surface area contributed by atoms with Gasteiger partial charge in [-0.1, -0.05) is 20.8 Å². The van der Waals surface area contributed by atoms with E-state index < -0.39 is 0 Å². The van der Waals surface area contributed by atoms with Crippen LogP contribution < -0.4 is 4.90 Å². The number of hydrogen-bond acceptors (Lipinski definition) is 2. The van der Waals surface area contributed by atoms with Gasteiger partial charge in [0.25, 0.3) is 0 Å². The highest BCUT2D eigenvalue weighted by Crippen LogP contribution is 2.33. The topological polar surface area (TPSA) is 21.1 Å². The number of fused-ring (bicyclic) bond motifs is 1. The van der Waals surface area contributed by atoms with Crippen molar-refractivity contribution in [2.45, 2.75) is 39.2 Å². The van der Waals surface area contributed by atoms with Crippen molar-refractivity contribution >= 4 is 5.82 Å². The number of aromatic nitrogens is 2. The maximum Gasteiger partial charge on any atom is 0.130 e. The number of hydrogen-bond donors (Lipinski definition) is 0. The van der Waals surface area contributed by atoms with Gasteiger partial charge in [0, 0.05) is 25.7 Å². The summed E-state index contributed by atoms with van der Waals surface area (Å²) in [6.45, 7) is 8.94. The molecule has 14 heavy (non-hydrogen) atoms. The minimum absolute atomic E-state index is 0.194. The van der Waals surface area contributed by atoms with Gasteiger partial charge in [0.15, 0.2) is 0 Å². The zero-order chi connectivity index (χ0) is 10.3. The van der Waals surface area contributed by atoms with Gasteiger partial charge < -0.3 is 4.90 Å². The summed E-state index contributed by atoms with van der Waals surface area (Å²) < 4.78 is 2.13. The Morgan fingerprint density at radius 1 is 1.29 bits per heavy atom. The molecule has 0 amide bonds. The summed E-state index contributed by atoms with van der Waals surface area (Å²) in [6.07, 6.45) is 3.23. The highest BCUT2D eigenvalue weighted by Gasteiger charge is 2.26. The Bertz CT molecular complexity index is 333. The van der Waals surface area contributed by atoms with E-state index in [1.54, 1.807) is 0 Å². The van der Waals surface area contributed by atoms with Crippen LogP contribution in [0.3, 0.4) is 0 Å². The molecule has 0 aromatic carbocycles. The van der Waals surface area contributed by atoms with Gasteiger partial charge in [0.2, 0.25) is 0 Å². The third-order valence-electron chi connectivity index (χ3n) is 2.84. The molecule has 0 unspecified atom stereocenters. The van der Waals surface area contributed by atoms with E-state index in [0.717, 1.165) is 13.1 Å². The van der Waals surface area contributed by atoms with Crippen LogP contribution in [0, 0.1) is 0 Å². The standard InChI is InChI=1S/C11H19N3/c1-11(2,3)9-8-12-14-7-5-6-13(4)10(9)14/h8H,5-7H2,1-4H3. The third-order valence-corrected chi connectivity index (χ3v) is 2.84. The summed E-state index contributed by atoms with van der Waals surface area (Å²) in [5.41, 5.74) is 1.55. The Labute approximate surface area is 85.7 Å². The fourth-order valence-electron chi connectivity index (χ4n) is 2.04. The van der Waals surface area contributed by atoms with Gasteiger partial charge in [-0.15, -0.1) is 0 Å². The predicted octanol–water partition coefficient (Wildman–Crippen LogP) is 2.02. The fourth-order valence-corrected chi connectivity index (χ4v) is 2.04. The summed E-state index contributed by atoms with van der Waals surface area (Å²) in [5, 5.41) is 4.45. The molecule has 0 aliphatic carbocycles. The molecule has 0 bridgehead atoms. The molecule has 0 radical (unpaired) electrons. The molecule has 1 aliphatic rings. The molecule has 0 saturated heterocycles. The van der Waals surface area contributed by atoms with Crippen LogP contribution >= 0.6 is 0 Å². The summed E-state index contributed by atoms with van der Waals surface area (Å²) in [5.74, 6) is 1.31. The third kappa shape index (κ3) is 1.41. The van der Waals surface area contributed by atoms with E-state index in [2.05, 4.69) is 42.5 Å². The Morgan fingerprint density at radius 3 is 2.64 bits per heavy atom. The second kappa shape index (κ2) is 3.01. The normalized spacial score (nSPS) is 17.0. The molecular weight excluding hydrogens is 174 g/mol. The van der Waals surface area contributed by atoms with Crippen molar-refractivity contribution in [3.8, 4) is 0 Å². The van der Waals surface area contributed by atoms with Crippen LogP contribution in [0.5, 0.6) is 0 Å². The van der Waals surface area contributed by atoms with Gasteiger partial charge in [-0.3, -0.25) is 0 Å². The largest absolute Gasteiger partial charge is 0.360 e. The van der Waals surface area contributed by atoms with Crippen molar-refractivity contribution < 1.29 is 0 Å². The van der Waals surface area contributed by atoms with Crippen LogP contribution in [0.4, 0.5) is 5.82 Å². The van der Waals surface area contributed by atoms with Crippen molar-refractivity contribution in [2.75, 3.05) is 18.5 Å². The van der Waals surface area contributed by atoms with Crippen LogP contribution in [0.1, 0.15) is 32.8 Å². The average molecular weight is 193 g/mol. The first kappa shape index (κ1) is 9.56. The molecule has 1 aromatic heterocycles. The van der Waals surface area contributed by atoms with E-state index in [4.69, 9.17) is 0 Å². The van der Waals surface area contributed by atoms with Gasteiger partial charge >= 0.3 is 0 Å². The summed E-state index contributed by atoms with van der Waals surface area (Å²) >= 11 is 0. The molecule has 0 N–H and O–H groups in total. The van der Waals surface area contributed by atoms with E-state index >= 15 is 0 Å². The van der Waals surface area contributed by atoms with Crippen LogP contribution in [0.2, 0.25) is 0 Å². The first-order valence-corrected chi connectivity index (χ1v) is 5.27. The zero-order valence-corrected chi connectivity index (χ0v) is 9.54. The monoisotopic (exact) mass is 193 g/mol. The highest BCUT2D eigenvalue weighted by molar-refractivity contribution is 5.50. The molecule has 1 aromatic rings. The number of aryl methyl sites for hydroxylation is 1. The summed E-state index contributed by atoms with van der Waals surface area (Å²) in [4.78, 5) is 2.32. The van der Waals surface area contributed by atoms with Crippen LogP contribution in [-0.2, 0) is 12.0 Å². The minimum Gasteiger partial charge on any atom is -0.360 e. The Balaban J connectivity index is 2.49. The average Bonchev–Trinajstić information content (AvgIpc) is 2.47. The summed E-state index contributed by atoms with van der Waals surface area (Å²) in [6, 6.07) is 0. The van der Waals surface area contributed by atoms with Crippen LogP contribution in [0.15, 0.2) is 6.20 Å². The molecule has 2 rings (SSSR count). The lowest BCUT2D eigenvalue weighted by molar-refractivity contribution is 0.523. The van der Waals surface area contributed by atoms with Crippen molar-refractivity contribution in [1.82, 2.24) is 9.78 Å². The van der Waals surface area contributed by atoms with Gasteiger partial charge in [0.05, 0.1) is 6.20 Å². The lowest BCUT2D eigenvalue weighted by Crippen LogP contribution is -2.30. The first-order chi connectivity index (χ1) is 6.50. The van der Waals surface area contributed by atoms with Crippen molar-refractivity contribution in [3.05, 3.63) is 11.8 Å². The first-order valence-electron chi connectivity index (χ1n) is 5.27. The van der Waals surface area contributed by atoms with Gasteiger partial charge in [-0.05, 0) is 11.8 Å². The maximum absolute atomic E-state index is 4.45. The molecule has 0 atom stereocenters. The predicted molar refractivity (Wildman–Crippen MR) is 58.8 cm³/mol. The van der Waals surface area contributed by atoms with E-state index in [1.165, 1.54) is 17.8 Å². The van der Waals surface area contributed by atoms with Crippen molar-refractivity contribution in [2.24, 2.45) is 0 Å². The molecule has 0 saturated carbocycles. The van der Waals surface area contributed by atoms with Crippen LogP contribution in [0.25, 0.3) is 0 Å². The quantitative estimate of drug-likeness (QED) is 0.628. The van der Waals surface area contributed by atoms with Gasteiger partial charge in [-0.2, -0.15) is 5.10 Å². The minimum atomic E-state index is 0.194. The molecule has 3 heteroatoms. The number of rotatable bonds is 0. The molecule has 0 fully saturated rings. The molecule has 2 heterocycles. The molecular formula is C11H19N3. The maximum atomic E-state index is 4.45. The number of anilines is 1. The van der Waals surface area contributed by atoms with Crippen LogP contribution in [-0.4, -0.2) is 23.4 Å². The number of nitrogens with zero attached hydrogens (tertiary/aromatic N) is 3. The van der Waals surface area contributed by atoms with E-state index in [-0.39, 0.29) is 5.41 Å². The van der Waals surface area contributed by atoms with Crippen molar-refractivity contribution in [3.63, 3.8) is 0 Å². The SMILES string of the molecule is CN1CCCn2ncc(C(C)(C)C)c21. The lowest BCUT2D eigenvalue weighted by Gasteiger charge is -2.30. The summed E-state index contributed by atoms with van der Waals surface area (Å²) in [7, 11) is 2.15. The Hall–Kier alpha value is -0.990. The van der Waals surface area contributed by atoms with E-state index in [0.29, 0.717) is 0 Å². The molecule has 0 spiro atoms. The second-order valence-electron chi connectivity index (χ2n) is 5.13. The highest BCUT2D eigenvalue weighted by atomic mass is 15.4.